The largest absolute Gasteiger partial charge is 0.325 e. The van der Waals surface area contributed by atoms with Gasteiger partial charge in [-0.25, -0.2) is 4.79 Å². The highest BCUT2D eigenvalue weighted by molar-refractivity contribution is 5.49. The van der Waals surface area contributed by atoms with Gasteiger partial charge in [0, 0.05) is 23.4 Å². The lowest BCUT2D eigenvalue weighted by Gasteiger charge is -2.03. The highest BCUT2D eigenvalue weighted by atomic mass is 16.6. The van der Waals surface area contributed by atoms with Gasteiger partial charge in [0.05, 0.1) is 15.9 Å². The van der Waals surface area contributed by atoms with E-state index in [2.05, 4.69) is 9.97 Å². The number of aromatic nitrogens is 2. The van der Waals surface area contributed by atoms with Crippen molar-refractivity contribution in [2.75, 3.05) is 0 Å². The Labute approximate surface area is 134 Å². The maximum Gasteiger partial charge on any atom is 0.325 e. The number of aromatic amines is 2. The molecule has 10 heteroatoms. The van der Waals surface area contributed by atoms with Crippen molar-refractivity contribution in [1.29, 1.82) is 0 Å². The molecule has 126 valence electrons. The monoisotopic (exact) mass is 334 g/mol. The van der Waals surface area contributed by atoms with Crippen molar-refractivity contribution >= 4 is 11.4 Å². The van der Waals surface area contributed by atoms with Crippen LogP contribution in [0.1, 0.15) is 24.0 Å². The molecule has 2 N–H and O–H groups in total. The van der Waals surface area contributed by atoms with Crippen LogP contribution in [0.4, 0.5) is 11.4 Å². The molecular formula is C14H14N4O6. The van der Waals surface area contributed by atoms with Gasteiger partial charge >= 0.3 is 5.69 Å². The number of H-pyrrole nitrogens is 2. The number of rotatable bonds is 7. The number of benzene rings is 1. The number of non-ortho nitro benzene ring substituents is 1. The lowest BCUT2D eigenvalue weighted by molar-refractivity contribution is -0.394. The van der Waals surface area contributed by atoms with Crippen LogP contribution in [-0.4, -0.2) is 19.8 Å². The summed E-state index contributed by atoms with van der Waals surface area (Å²) in [4.78, 5) is 47.3. The Morgan fingerprint density at radius 2 is 1.62 bits per heavy atom. The third-order valence-corrected chi connectivity index (χ3v) is 3.51. The van der Waals surface area contributed by atoms with E-state index >= 15 is 0 Å². The zero-order valence-electron chi connectivity index (χ0n) is 12.5. The van der Waals surface area contributed by atoms with E-state index in [-0.39, 0.29) is 11.4 Å². The van der Waals surface area contributed by atoms with Crippen molar-refractivity contribution in [2.45, 2.75) is 25.7 Å². The second-order valence-electron chi connectivity index (χ2n) is 5.13. The van der Waals surface area contributed by atoms with Gasteiger partial charge in [-0.05, 0) is 31.7 Å². The quantitative estimate of drug-likeness (QED) is 0.444. The van der Waals surface area contributed by atoms with Gasteiger partial charge in [0.1, 0.15) is 0 Å². The van der Waals surface area contributed by atoms with E-state index < -0.39 is 21.1 Å². The molecule has 1 aromatic heterocycles. The molecule has 0 unspecified atom stereocenters. The lowest BCUT2D eigenvalue weighted by atomic mass is 10.0. The molecule has 0 atom stereocenters. The second kappa shape index (κ2) is 7.31. The van der Waals surface area contributed by atoms with Crippen LogP contribution in [0.2, 0.25) is 0 Å². The standard InChI is InChI=1S/C14H14N4O6/c19-13-10(8-15-14(20)16-13)4-2-1-3-9-5-6-11(17(21)22)7-12(9)18(23)24/h5-8H,1-4H2,(H2,15,16,19,20). The minimum absolute atomic E-state index is 0.286. The van der Waals surface area contributed by atoms with Crippen molar-refractivity contribution in [3.63, 3.8) is 0 Å². The molecule has 0 saturated carbocycles. The Morgan fingerprint density at radius 1 is 0.958 bits per heavy atom. The first-order valence-corrected chi connectivity index (χ1v) is 7.11. The van der Waals surface area contributed by atoms with E-state index in [9.17, 15) is 29.8 Å². The summed E-state index contributed by atoms with van der Waals surface area (Å²) in [6, 6.07) is 3.56. The first kappa shape index (κ1) is 17.1. The number of nitro groups is 2. The lowest BCUT2D eigenvalue weighted by Crippen LogP contribution is -2.24. The fourth-order valence-corrected chi connectivity index (χ4v) is 2.30. The van der Waals surface area contributed by atoms with E-state index in [0.717, 1.165) is 6.07 Å². The molecule has 0 aliphatic carbocycles. The normalized spacial score (nSPS) is 10.5. The van der Waals surface area contributed by atoms with Gasteiger partial charge in [-0.2, -0.15) is 0 Å². The molecule has 0 amide bonds. The van der Waals surface area contributed by atoms with Crippen molar-refractivity contribution in [1.82, 2.24) is 9.97 Å². The molecule has 1 aromatic carbocycles. The Kier molecular flexibility index (Phi) is 5.20. The minimum atomic E-state index is -0.681. The fourth-order valence-electron chi connectivity index (χ4n) is 2.30. The highest BCUT2D eigenvalue weighted by Gasteiger charge is 2.18. The van der Waals surface area contributed by atoms with Crippen molar-refractivity contribution in [2.24, 2.45) is 0 Å². The molecule has 0 radical (unpaired) electrons. The molecule has 0 aliphatic heterocycles. The number of unbranched alkanes of at least 4 members (excludes halogenated alkanes) is 1. The third kappa shape index (κ3) is 4.12. The van der Waals surface area contributed by atoms with Crippen molar-refractivity contribution in [3.05, 3.63) is 76.6 Å². The Balaban J connectivity index is 2.01. The van der Waals surface area contributed by atoms with Crippen molar-refractivity contribution in [3.8, 4) is 0 Å². The topological polar surface area (TPSA) is 152 Å². The van der Waals surface area contributed by atoms with Crippen LogP contribution >= 0.6 is 0 Å². The maximum atomic E-state index is 11.5. The summed E-state index contributed by atoms with van der Waals surface area (Å²) in [6.07, 6.45) is 3.23. The number of nitrogens with one attached hydrogen (secondary N) is 2. The molecule has 10 nitrogen and oxygen atoms in total. The van der Waals surface area contributed by atoms with Crippen LogP contribution in [0.15, 0.2) is 34.0 Å². The molecule has 0 fully saturated rings. The predicted molar refractivity (Wildman–Crippen MR) is 84.1 cm³/mol. The average molecular weight is 334 g/mol. The number of nitro benzene ring substituents is 2. The van der Waals surface area contributed by atoms with Crippen LogP contribution in [0.25, 0.3) is 0 Å². The zero-order valence-corrected chi connectivity index (χ0v) is 12.5. The summed E-state index contributed by atoms with van der Waals surface area (Å²) in [5, 5.41) is 21.7. The molecule has 0 aliphatic rings. The molecule has 2 rings (SSSR count). The van der Waals surface area contributed by atoms with Gasteiger partial charge < -0.3 is 4.98 Å². The zero-order chi connectivity index (χ0) is 17.7. The first-order valence-electron chi connectivity index (χ1n) is 7.11. The number of aryl methyl sites for hydroxylation is 2. The van der Waals surface area contributed by atoms with E-state index in [1.54, 1.807) is 0 Å². The molecular weight excluding hydrogens is 320 g/mol. The second-order valence-corrected chi connectivity index (χ2v) is 5.13. The number of hydrogen-bond acceptors (Lipinski definition) is 6. The summed E-state index contributed by atoms with van der Waals surface area (Å²) >= 11 is 0. The van der Waals surface area contributed by atoms with E-state index in [0.29, 0.717) is 36.8 Å². The van der Waals surface area contributed by atoms with E-state index in [1.165, 1.54) is 18.3 Å². The summed E-state index contributed by atoms with van der Waals surface area (Å²) in [5.74, 6) is 0. The van der Waals surface area contributed by atoms with Gasteiger partial charge in [-0.3, -0.25) is 30.0 Å². The Bertz CT molecular complexity index is 885. The molecule has 0 saturated heterocycles. The molecule has 1 heterocycles. The molecule has 24 heavy (non-hydrogen) atoms. The Morgan fingerprint density at radius 3 is 2.21 bits per heavy atom. The average Bonchev–Trinajstić information content (AvgIpc) is 2.52. The smallest absolute Gasteiger partial charge is 0.314 e. The van der Waals surface area contributed by atoms with Crippen molar-refractivity contribution < 1.29 is 9.85 Å². The summed E-state index contributed by atoms with van der Waals surface area (Å²) < 4.78 is 0. The van der Waals surface area contributed by atoms with E-state index in [4.69, 9.17) is 0 Å². The highest BCUT2D eigenvalue weighted by Crippen LogP contribution is 2.26. The van der Waals surface area contributed by atoms with Gasteiger partial charge in [0.25, 0.3) is 16.9 Å². The van der Waals surface area contributed by atoms with Crippen LogP contribution in [0.3, 0.4) is 0 Å². The molecule has 2 aromatic rings. The Hall–Kier alpha value is -3.30. The summed E-state index contributed by atoms with van der Waals surface area (Å²) in [7, 11) is 0. The van der Waals surface area contributed by atoms with Gasteiger partial charge in [-0.1, -0.05) is 0 Å². The van der Waals surface area contributed by atoms with Crippen LogP contribution in [-0.2, 0) is 12.8 Å². The minimum Gasteiger partial charge on any atom is -0.314 e. The molecule has 0 bridgehead atoms. The van der Waals surface area contributed by atoms with E-state index in [1.807, 2.05) is 0 Å². The van der Waals surface area contributed by atoms with Gasteiger partial charge in [0.2, 0.25) is 0 Å². The molecule has 0 spiro atoms. The van der Waals surface area contributed by atoms with Gasteiger partial charge in [0.15, 0.2) is 0 Å². The first-order chi connectivity index (χ1) is 11.4. The third-order valence-electron chi connectivity index (χ3n) is 3.51. The van der Waals surface area contributed by atoms with Crippen LogP contribution < -0.4 is 11.2 Å². The van der Waals surface area contributed by atoms with Gasteiger partial charge in [-0.15, -0.1) is 0 Å². The van der Waals surface area contributed by atoms with Crippen LogP contribution in [0.5, 0.6) is 0 Å². The fraction of sp³-hybridized carbons (Fsp3) is 0.286. The number of nitrogens with zero attached hydrogens (tertiary/aromatic N) is 2. The van der Waals surface area contributed by atoms with Crippen LogP contribution in [0, 0.1) is 20.2 Å². The maximum absolute atomic E-state index is 11.5. The summed E-state index contributed by atoms with van der Waals surface area (Å²) in [5.41, 5.74) is -0.824. The predicted octanol–water partition coefficient (Wildman–Crippen LogP) is 1.44. The summed E-state index contributed by atoms with van der Waals surface area (Å²) in [6.45, 7) is 0. The SMILES string of the molecule is O=c1[nH]cc(CCCCc2ccc([N+](=O)[O-])cc2[N+](=O)[O-])c(=O)[nH]1. The number of hydrogen-bond donors (Lipinski definition) is 2.